The van der Waals surface area contributed by atoms with Crippen molar-refractivity contribution in [2.75, 3.05) is 13.2 Å². The van der Waals surface area contributed by atoms with Crippen LogP contribution >= 0.6 is 0 Å². The van der Waals surface area contributed by atoms with Gasteiger partial charge in [0.2, 0.25) is 0 Å². The predicted molar refractivity (Wildman–Crippen MR) is 73.2 cm³/mol. The van der Waals surface area contributed by atoms with E-state index in [9.17, 15) is 0 Å². The molecule has 104 valence electrons. The molecule has 2 heterocycles. The molecule has 0 saturated heterocycles. The van der Waals surface area contributed by atoms with E-state index in [1.165, 1.54) is 0 Å². The average Bonchev–Trinajstić information content (AvgIpc) is 2.74. The summed E-state index contributed by atoms with van der Waals surface area (Å²) in [5, 5.41) is 0. The highest BCUT2D eigenvalue weighted by Crippen LogP contribution is 2.33. The molecule has 3 N–H and O–H groups in total. The first-order valence-corrected chi connectivity index (χ1v) is 6.50. The molecule has 0 spiro atoms. The molecule has 2 aromatic rings. The maximum atomic E-state index is 5.69. The molecule has 1 aliphatic rings. The number of nitrogens with one attached hydrogen (secondary N) is 1. The molecule has 1 aliphatic heterocycles. The molecule has 0 radical (unpaired) electrons. The quantitative estimate of drug-likeness (QED) is 0.645. The van der Waals surface area contributed by atoms with E-state index in [1.807, 2.05) is 18.2 Å². The molecule has 0 amide bonds. The first-order chi connectivity index (χ1) is 9.88. The fourth-order valence-corrected chi connectivity index (χ4v) is 2.17. The molecule has 3 rings (SSSR count). The smallest absolute Gasteiger partial charge is 0.161 e. The topological polar surface area (TPSA) is 82.3 Å². The summed E-state index contributed by atoms with van der Waals surface area (Å²) < 4.78 is 11.3. The summed E-state index contributed by atoms with van der Waals surface area (Å²) in [5.41, 5.74) is 4.47. The molecule has 1 atom stereocenters. The molecule has 6 nitrogen and oxygen atoms in total. The maximum Gasteiger partial charge on any atom is 0.161 e. The number of nitrogens with two attached hydrogens (primary N) is 1. The Balaban J connectivity index is 1.94. The first kappa shape index (κ1) is 12.8. The number of benzene rings is 1. The SMILES string of the molecule is NNC(c1ccc2c(c1)OCCCO2)c1cnccn1. The van der Waals surface area contributed by atoms with Crippen LogP contribution in [-0.4, -0.2) is 23.2 Å². The van der Waals surface area contributed by atoms with Gasteiger partial charge in [0.1, 0.15) is 0 Å². The lowest BCUT2D eigenvalue weighted by molar-refractivity contribution is 0.297. The Labute approximate surface area is 116 Å². The molecule has 0 aliphatic carbocycles. The third-order valence-corrected chi connectivity index (χ3v) is 3.15. The number of hydrogen-bond donors (Lipinski definition) is 2. The zero-order valence-corrected chi connectivity index (χ0v) is 11.0. The minimum Gasteiger partial charge on any atom is -0.490 e. The largest absolute Gasteiger partial charge is 0.490 e. The first-order valence-electron chi connectivity index (χ1n) is 6.50. The normalized spacial score (nSPS) is 15.4. The Kier molecular flexibility index (Phi) is 3.76. The molecule has 0 bridgehead atoms. The third kappa shape index (κ3) is 2.56. The molecular weight excluding hydrogens is 256 g/mol. The summed E-state index contributed by atoms with van der Waals surface area (Å²) >= 11 is 0. The second-order valence-electron chi connectivity index (χ2n) is 4.49. The average molecular weight is 272 g/mol. The third-order valence-electron chi connectivity index (χ3n) is 3.15. The van der Waals surface area contributed by atoms with Crippen LogP contribution in [0.25, 0.3) is 0 Å². The van der Waals surface area contributed by atoms with Crippen LogP contribution in [0.1, 0.15) is 23.7 Å². The lowest BCUT2D eigenvalue weighted by Crippen LogP contribution is -2.29. The summed E-state index contributed by atoms with van der Waals surface area (Å²) in [6, 6.07) is 5.55. The number of fused-ring (bicyclic) bond motifs is 1. The Morgan fingerprint density at radius 1 is 1.15 bits per heavy atom. The standard InChI is InChI=1S/C14H16N4O2/c15-18-14(11-9-16-4-5-17-11)10-2-3-12-13(8-10)20-7-1-6-19-12/h2-5,8-9,14,18H,1,6-7,15H2. The van der Waals surface area contributed by atoms with E-state index in [2.05, 4.69) is 15.4 Å². The lowest BCUT2D eigenvalue weighted by Gasteiger charge is -2.17. The van der Waals surface area contributed by atoms with Gasteiger partial charge in [-0.1, -0.05) is 6.07 Å². The van der Waals surface area contributed by atoms with Gasteiger partial charge >= 0.3 is 0 Å². The number of rotatable bonds is 3. The van der Waals surface area contributed by atoms with E-state index >= 15 is 0 Å². The fourth-order valence-electron chi connectivity index (χ4n) is 2.17. The van der Waals surface area contributed by atoms with E-state index in [0.29, 0.717) is 13.2 Å². The van der Waals surface area contributed by atoms with E-state index in [-0.39, 0.29) is 6.04 Å². The molecular formula is C14H16N4O2. The number of aromatic nitrogens is 2. The number of hydrazine groups is 1. The van der Waals surface area contributed by atoms with Crippen molar-refractivity contribution in [3.63, 3.8) is 0 Å². The molecule has 0 saturated carbocycles. The predicted octanol–water partition coefficient (Wildman–Crippen LogP) is 1.19. The number of hydrogen-bond acceptors (Lipinski definition) is 6. The molecule has 20 heavy (non-hydrogen) atoms. The van der Waals surface area contributed by atoms with E-state index < -0.39 is 0 Å². The summed E-state index contributed by atoms with van der Waals surface area (Å²) in [6.45, 7) is 1.33. The van der Waals surface area contributed by atoms with E-state index in [1.54, 1.807) is 18.6 Å². The molecule has 1 unspecified atom stereocenters. The molecule has 1 aromatic heterocycles. The zero-order chi connectivity index (χ0) is 13.8. The van der Waals surface area contributed by atoms with Crippen LogP contribution in [0.4, 0.5) is 0 Å². The Morgan fingerprint density at radius 2 is 2.00 bits per heavy atom. The van der Waals surface area contributed by atoms with Crippen LogP contribution in [0, 0.1) is 0 Å². The van der Waals surface area contributed by atoms with Gasteiger partial charge in [-0.05, 0) is 17.7 Å². The van der Waals surface area contributed by atoms with Gasteiger partial charge in [-0.25, -0.2) is 5.43 Å². The minimum absolute atomic E-state index is 0.235. The van der Waals surface area contributed by atoms with E-state index in [4.69, 9.17) is 15.3 Å². The monoisotopic (exact) mass is 272 g/mol. The Morgan fingerprint density at radius 3 is 2.75 bits per heavy atom. The number of nitrogens with zero attached hydrogens (tertiary/aromatic N) is 2. The minimum atomic E-state index is -0.235. The molecule has 0 fully saturated rings. The summed E-state index contributed by atoms with van der Waals surface area (Å²) in [6.07, 6.45) is 5.84. The van der Waals surface area contributed by atoms with Gasteiger partial charge < -0.3 is 9.47 Å². The van der Waals surface area contributed by atoms with Crippen molar-refractivity contribution < 1.29 is 9.47 Å². The summed E-state index contributed by atoms with van der Waals surface area (Å²) in [4.78, 5) is 8.35. The van der Waals surface area contributed by atoms with Crippen molar-refractivity contribution in [3.05, 3.63) is 48.0 Å². The van der Waals surface area contributed by atoms with Crippen LogP contribution in [-0.2, 0) is 0 Å². The van der Waals surface area contributed by atoms with Crippen molar-refractivity contribution >= 4 is 0 Å². The van der Waals surface area contributed by atoms with Gasteiger partial charge in [0, 0.05) is 18.8 Å². The molecule has 6 heteroatoms. The van der Waals surface area contributed by atoms with Gasteiger partial charge in [0.15, 0.2) is 11.5 Å². The van der Waals surface area contributed by atoms with Crippen molar-refractivity contribution in [1.82, 2.24) is 15.4 Å². The fraction of sp³-hybridized carbons (Fsp3) is 0.286. The van der Waals surface area contributed by atoms with Crippen molar-refractivity contribution in [3.8, 4) is 11.5 Å². The summed E-state index contributed by atoms with van der Waals surface area (Å²) in [7, 11) is 0. The van der Waals surface area contributed by atoms with Crippen LogP contribution in [0.5, 0.6) is 11.5 Å². The number of ether oxygens (including phenoxy) is 2. The van der Waals surface area contributed by atoms with Crippen molar-refractivity contribution in [1.29, 1.82) is 0 Å². The van der Waals surface area contributed by atoms with Gasteiger partial charge in [-0.2, -0.15) is 0 Å². The van der Waals surface area contributed by atoms with E-state index in [0.717, 1.165) is 29.2 Å². The zero-order valence-electron chi connectivity index (χ0n) is 11.0. The van der Waals surface area contributed by atoms with Crippen LogP contribution in [0.2, 0.25) is 0 Å². The lowest BCUT2D eigenvalue weighted by atomic mass is 10.0. The van der Waals surface area contributed by atoms with Gasteiger partial charge in [0.05, 0.1) is 31.1 Å². The van der Waals surface area contributed by atoms with Gasteiger partial charge in [-0.3, -0.25) is 15.8 Å². The Hall–Kier alpha value is -2.18. The van der Waals surface area contributed by atoms with Crippen LogP contribution < -0.4 is 20.7 Å². The molecule has 1 aromatic carbocycles. The van der Waals surface area contributed by atoms with Crippen molar-refractivity contribution in [2.24, 2.45) is 5.84 Å². The highest BCUT2D eigenvalue weighted by molar-refractivity contribution is 5.45. The van der Waals surface area contributed by atoms with Crippen LogP contribution in [0.3, 0.4) is 0 Å². The maximum absolute atomic E-state index is 5.69. The Bertz CT molecular complexity index is 577. The summed E-state index contributed by atoms with van der Waals surface area (Å²) in [5.74, 6) is 7.16. The van der Waals surface area contributed by atoms with Gasteiger partial charge in [-0.15, -0.1) is 0 Å². The second-order valence-corrected chi connectivity index (χ2v) is 4.49. The van der Waals surface area contributed by atoms with Gasteiger partial charge in [0.25, 0.3) is 0 Å². The van der Waals surface area contributed by atoms with Crippen molar-refractivity contribution in [2.45, 2.75) is 12.5 Å². The highest BCUT2D eigenvalue weighted by Gasteiger charge is 2.18. The van der Waals surface area contributed by atoms with Crippen LogP contribution in [0.15, 0.2) is 36.8 Å². The highest BCUT2D eigenvalue weighted by atomic mass is 16.5. The second kappa shape index (κ2) is 5.85.